The fourth-order valence-electron chi connectivity index (χ4n) is 1.52. The molecule has 0 amide bonds. The van der Waals surface area contributed by atoms with E-state index in [4.69, 9.17) is 23.2 Å². The molecule has 1 aromatic heterocycles. The van der Waals surface area contributed by atoms with Crippen LogP contribution in [0.2, 0.25) is 5.02 Å². The molecule has 0 radical (unpaired) electrons. The smallest absolute Gasteiger partial charge is 0.0950 e. The van der Waals surface area contributed by atoms with E-state index in [1.54, 1.807) is 11.3 Å². The third-order valence-electron chi connectivity index (χ3n) is 2.30. The van der Waals surface area contributed by atoms with Gasteiger partial charge < -0.3 is 0 Å². The Labute approximate surface area is 131 Å². The second-order valence-corrected chi connectivity index (χ2v) is 7.47. The Balaban J connectivity index is 2.46. The monoisotopic (exact) mass is 412 g/mol. The van der Waals surface area contributed by atoms with E-state index >= 15 is 0 Å². The summed E-state index contributed by atoms with van der Waals surface area (Å²) in [4.78, 5) is 2.34. The van der Waals surface area contributed by atoms with Gasteiger partial charge in [-0.1, -0.05) is 27.5 Å². The molecule has 0 spiro atoms. The van der Waals surface area contributed by atoms with Crippen LogP contribution in [0.1, 0.15) is 20.7 Å². The first-order valence-corrected chi connectivity index (χ1v) is 8.05. The number of thiophene rings is 1. The lowest BCUT2D eigenvalue weighted by molar-refractivity contribution is 1.16. The van der Waals surface area contributed by atoms with Gasteiger partial charge in [0.2, 0.25) is 0 Å². The number of halogens is 4. The fraction of sp³-hybridized carbons (Fsp3) is 0.167. The van der Waals surface area contributed by atoms with Crippen molar-refractivity contribution in [3.63, 3.8) is 0 Å². The number of benzene rings is 1. The SMILES string of the molecule is Cc1cc(Br)c(C(Cl)c2cc(Cl)ccc2Br)s1. The third kappa shape index (κ3) is 3.07. The minimum absolute atomic E-state index is 0.198. The maximum absolute atomic E-state index is 6.52. The molecule has 17 heavy (non-hydrogen) atoms. The molecular weight excluding hydrogens is 407 g/mol. The lowest BCUT2D eigenvalue weighted by atomic mass is 10.1. The predicted molar refractivity (Wildman–Crippen MR) is 83.6 cm³/mol. The second-order valence-electron chi connectivity index (χ2n) is 3.60. The van der Waals surface area contributed by atoms with Crippen molar-refractivity contribution >= 4 is 66.4 Å². The van der Waals surface area contributed by atoms with E-state index < -0.39 is 0 Å². The lowest BCUT2D eigenvalue weighted by Crippen LogP contribution is -1.92. The van der Waals surface area contributed by atoms with Gasteiger partial charge in [-0.3, -0.25) is 0 Å². The van der Waals surface area contributed by atoms with Gasteiger partial charge >= 0.3 is 0 Å². The van der Waals surface area contributed by atoms with Crippen molar-refractivity contribution in [3.8, 4) is 0 Å². The first-order valence-electron chi connectivity index (χ1n) is 4.84. The van der Waals surface area contributed by atoms with Crippen LogP contribution in [0.4, 0.5) is 0 Å². The van der Waals surface area contributed by atoms with Crippen LogP contribution in [0.5, 0.6) is 0 Å². The molecule has 1 heterocycles. The van der Waals surface area contributed by atoms with Crippen LogP contribution in [0, 0.1) is 6.92 Å². The highest BCUT2D eigenvalue weighted by atomic mass is 79.9. The minimum atomic E-state index is -0.198. The van der Waals surface area contributed by atoms with Gasteiger partial charge in [0.15, 0.2) is 0 Å². The van der Waals surface area contributed by atoms with Crippen molar-refractivity contribution in [2.24, 2.45) is 0 Å². The zero-order chi connectivity index (χ0) is 12.6. The zero-order valence-electron chi connectivity index (χ0n) is 8.81. The molecule has 0 fully saturated rings. The molecule has 2 aromatic rings. The predicted octanol–water partition coefficient (Wildman–Crippen LogP) is 6.56. The Hall–Kier alpha value is 0.460. The summed E-state index contributed by atoms with van der Waals surface area (Å²) in [6, 6.07) is 7.73. The van der Waals surface area contributed by atoms with Gasteiger partial charge in [0, 0.05) is 23.7 Å². The number of hydrogen-bond acceptors (Lipinski definition) is 1. The number of aryl methyl sites for hydroxylation is 1. The third-order valence-corrected chi connectivity index (χ3v) is 5.87. The van der Waals surface area contributed by atoms with Crippen molar-refractivity contribution in [2.75, 3.05) is 0 Å². The van der Waals surface area contributed by atoms with Crippen molar-refractivity contribution in [2.45, 2.75) is 12.3 Å². The van der Waals surface area contributed by atoms with Crippen LogP contribution in [-0.4, -0.2) is 0 Å². The molecule has 0 saturated heterocycles. The number of alkyl halides is 1. The zero-order valence-corrected chi connectivity index (χ0v) is 14.3. The van der Waals surface area contributed by atoms with Gasteiger partial charge in [-0.25, -0.2) is 0 Å². The molecule has 0 aliphatic carbocycles. The summed E-state index contributed by atoms with van der Waals surface area (Å²) < 4.78 is 2.02. The number of rotatable bonds is 2. The average molecular weight is 415 g/mol. The number of hydrogen-bond donors (Lipinski definition) is 0. The van der Waals surface area contributed by atoms with E-state index in [1.807, 2.05) is 18.2 Å². The Morgan fingerprint density at radius 1 is 1.18 bits per heavy atom. The van der Waals surface area contributed by atoms with E-state index in [2.05, 4.69) is 44.8 Å². The van der Waals surface area contributed by atoms with Crippen LogP contribution in [0.15, 0.2) is 33.2 Å². The molecule has 0 aliphatic rings. The lowest BCUT2D eigenvalue weighted by Gasteiger charge is -2.11. The molecule has 0 nitrogen and oxygen atoms in total. The van der Waals surface area contributed by atoms with Gasteiger partial charge in [0.1, 0.15) is 0 Å². The summed E-state index contributed by atoms with van der Waals surface area (Å²) >= 11 is 21.3. The van der Waals surface area contributed by atoms with E-state index in [0.29, 0.717) is 5.02 Å². The minimum Gasteiger partial charge on any atom is -0.143 e. The summed E-state index contributed by atoms with van der Waals surface area (Å²) in [5.41, 5.74) is 0.988. The summed E-state index contributed by atoms with van der Waals surface area (Å²) in [6.07, 6.45) is 0. The largest absolute Gasteiger partial charge is 0.143 e. The molecular formula is C12H8Br2Cl2S. The van der Waals surface area contributed by atoms with Crippen LogP contribution < -0.4 is 0 Å². The van der Waals surface area contributed by atoms with Gasteiger partial charge in [0.05, 0.1) is 5.38 Å². The maximum atomic E-state index is 6.52. The van der Waals surface area contributed by atoms with E-state index in [-0.39, 0.29) is 5.38 Å². The maximum Gasteiger partial charge on any atom is 0.0950 e. The van der Waals surface area contributed by atoms with Crippen LogP contribution in [0.25, 0.3) is 0 Å². The van der Waals surface area contributed by atoms with Crippen LogP contribution in [-0.2, 0) is 0 Å². The molecule has 1 unspecified atom stereocenters. The highest BCUT2D eigenvalue weighted by Crippen LogP contribution is 2.42. The van der Waals surface area contributed by atoms with Crippen molar-refractivity contribution in [1.82, 2.24) is 0 Å². The molecule has 1 atom stereocenters. The first kappa shape index (κ1) is 13.9. The van der Waals surface area contributed by atoms with Gasteiger partial charge in [-0.2, -0.15) is 0 Å². The van der Waals surface area contributed by atoms with Crippen LogP contribution in [0.3, 0.4) is 0 Å². The second kappa shape index (κ2) is 5.62. The Morgan fingerprint density at radius 3 is 2.47 bits per heavy atom. The summed E-state index contributed by atoms with van der Waals surface area (Å²) in [6.45, 7) is 2.07. The summed E-state index contributed by atoms with van der Waals surface area (Å²) in [7, 11) is 0. The quantitative estimate of drug-likeness (QED) is 0.488. The van der Waals surface area contributed by atoms with Crippen LogP contribution >= 0.6 is 66.4 Å². The van der Waals surface area contributed by atoms with E-state index in [1.165, 1.54) is 4.88 Å². The highest BCUT2D eigenvalue weighted by Gasteiger charge is 2.19. The standard InChI is InChI=1S/C12H8Br2Cl2S/c1-6-4-10(14)12(17-6)11(16)8-5-7(15)2-3-9(8)13/h2-5,11H,1H3. The molecule has 90 valence electrons. The van der Waals surface area contributed by atoms with Crippen molar-refractivity contribution in [3.05, 3.63) is 53.6 Å². The molecule has 0 N–H and O–H groups in total. The Kier molecular flexibility index (Phi) is 4.59. The van der Waals surface area contributed by atoms with E-state index in [9.17, 15) is 0 Å². The Morgan fingerprint density at radius 2 is 1.88 bits per heavy atom. The molecule has 1 aromatic carbocycles. The van der Waals surface area contributed by atoms with Gasteiger partial charge in [-0.15, -0.1) is 22.9 Å². The molecule has 0 aliphatic heterocycles. The highest BCUT2D eigenvalue weighted by molar-refractivity contribution is 9.10. The molecule has 0 bridgehead atoms. The van der Waals surface area contributed by atoms with Crippen molar-refractivity contribution in [1.29, 1.82) is 0 Å². The molecule has 2 rings (SSSR count). The topological polar surface area (TPSA) is 0 Å². The van der Waals surface area contributed by atoms with E-state index in [0.717, 1.165) is 19.4 Å². The van der Waals surface area contributed by atoms with Crippen molar-refractivity contribution < 1.29 is 0 Å². The summed E-state index contributed by atoms with van der Waals surface area (Å²) in [5.74, 6) is 0. The normalized spacial score (nSPS) is 12.8. The molecule has 0 saturated carbocycles. The fourth-order valence-corrected chi connectivity index (χ4v) is 4.75. The Bertz CT molecular complexity index is 551. The van der Waals surface area contributed by atoms with Gasteiger partial charge in [-0.05, 0) is 52.7 Å². The summed E-state index contributed by atoms with van der Waals surface area (Å²) in [5, 5.41) is 0.495. The molecule has 5 heteroatoms. The first-order chi connectivity index (χ1) is 7.99. The van der Waals surface area contributed by atoms with Gasteiger partial charge in [0.25, 0.3) is 0 Å². The average Bonchev–Trinajstić information content (AvgIpc) is 2.60.